The first-order valence-electron chi connectivity index (χ1n) is 7.34. The van der Waals surface area contributed by atoms with Crippen LogP contribution in [0, 0.1) is 5.82 Å². The van der Waals surface area contributed by atoms with Gasteiger partial charge in [-0.1, -0.05) is 19.1 Å². The molecule has 1 atom stereocenters. The molecule has 2 rings (SSSR count). The highest BCUT2D eigenvalue weighted by Gasteiger charge is 2.18. The van der Waals surface area contributed by atoms with Crippen molar-refractivity contribution in [3.8, 4) is 5.75 Å². The smallest absolute Gasteiger partial charge is 0.169 e. The van der Waals surface area contributed by atoms with E-state index in [0.29, 0.717) is 5.56 Å². The van der Waals surface area contributed by atoms with Crippen LogP contribution in [0.5, 0.6) is 5.75 Å². The molecular weight excluding hydrogens is 269 g/mol. The van der Waals surface area contributed by atoms with Crippen LogP contribution in [0.2, 0.25) is 0 Å². The van der Waals surface area contributed by atoms with Gasteiger partial charge in [-0.25, -0.2) is 4.39 Å². The third kappa shape index (κ3) is 4.08. The Balaban J connectivity index is 2.14. The molecule has 0 aliphatic heterocycles. The molecule has 4 heteroatoms. The molecule has 114 valence electrons. The highest BCUT2D eigenvalue weighted by atomic mass is 19.1. The molecule has 21 heavy (non-hydrogen) atoms. The van der Waals surface area contributed by atoms with Crippen LogP contribution >= 0.6 is 0 Å². The normalized spacial score (nSPS) is 12.3. The number of halogens is 1. The lowest BCUT2D eigenvalue weighted by Crippen LogP contribution is -2.23. The van der Waals surface area contributed by atoms with Crippen LogP contribution in [0.4, 0.5) is 4.39 Å². The van der Waals surface area contributed by atoms with Gasteiger partial charge >= 0.3 is 0 Å². The highest BCUT2D eigenvalue weighted by molar-refractivity contribution is 5.33. The minimum atomic E-state index is -0.284. The number of ether oxygens (including phenoxy) is 1. The number of methoxy groups -OCH3 is 1. The molecule has 0 spiro atoms. The summed E-state index contributed by atoms with van der Waals surface area (Å²) in [6.07, 6.45) is 4.21. The fourth-order valence-electron chi connectivity index (χ4n) is 2.38. The number of hydrogen-bond donors (Lipinski definition) is 1. The van der Waals surface area contributed by atoms with E-state index < -0.39 is 0 Å². The van der Waals surface area contributed by atoms with Crippen LogP contribution in [0.15, 0.2) is 41.0 Å². The number of nitrogens with one attached hydrogen (secondary N) is 1. The SMILES string of the molecule is CCCNC(CCc1ccco1)c1cccc(OC)c1F. The Bertz CT molecular complexity index is 540. The average Bonchev–Trinajstić information content (AvgIpc) is 3.01. The Hall–Kier alpha value is -1.81. The summed E-state index contributed by atoms with van der Waals surface area (Å²) in [7, 11) is 1.49. The minimum absolute atomic E-state index is 0.0508. The van der Waals surface area contributed by atoms with E-state index in [1.165, 1.54) is 7.11 Å². The average molecular weight is 291 g/mol. The maximum atomic E-state index is 14.4. The molecule has 0 aliphatic carbocycles. The van der Waals surface area contributed by atoms with Crippen molar-refractivity contribution in [3.63, 3.8) is 0 Å². The Morgan fingerprint density at radius 2 is 2.14 bits per heavy atom. The van der Waals surface area contributed by atoms with Gasteiger partial charge < -0.3 is 14.5 Å². The number of benzene rings is 1. The van der Waals surface area contributed by atoms with E-state index >= 15 is 0 Å². The molecule has 0 saturated heterocycles. The van der Waals surface area contributed by atoms with Crippen LogP contribution < -0.4 is 10.1 Å². The molecule has 0 fully saturated rings. The zero-order valence-electron chi connectivity index (χ0n) is 12.6. The van der Waals surface area contributed by atoms with Crippen LogP contribution in [-0.4, -0.2) is 13.7 Å². The summed E-state index contributed by atoms with van der Waals surface area (Å²) < 4.78 is 24.9. The molecule has 1 heterocycles. The van der Waals surface area contributed by atoms with Gasteiger partial charge in [-0.05, 0) is 37.6 Å². The second-order valence-electron chi connectivity index (χ2n) is 4.99. The number of hydrogen-bond acceptors (Lipinski definition) is 3. The lowest BCUT2D eigenvalue weighted by Gasteiger charge is -2.20. The molecule has 0 bridgehead atoms. The molecule has 3 nitrogen and oxygen atoms in total. The maximum absolute atomic E-state index is 14.4. The van der Waals surface area contributed by atoms with Crippen molar-refractivity contribution in [1.82, 2.24) is 5.32 Å². The Morgan fingerprint density at radius 3 is 2.81 bits per heavy atom. The van der Waals surface area contributed by atoms with E-state index in [9.17, 15) is 4.39 Å². The molecular formula is C17H22FNO2. The lowest BCUT2D eigenvalue weighted by atomic mass is 10.00. The van der Waals surface area contributed by atoms with Crippen LogP contribution in [0.1, 0.15) is 37.1 Å². The van der Waals surface area contributed by atoms with Crippen molar-refractivity contribution in [2.45, 2.75) is 32.2 Å². The second-order valence-corrected chi connectivity index (χ2v) is 4.99. The minimum Gasteiger partial charge on any atom is -0.494 e. The summed E-state index contributed by atoms with van der Waals surface area (Å²) in [4.78, 5) is 0. The molecule has 2 aromatic rings. The Kier molecular flexibility index (Phi) is 5.81. The van der Waals surface area contributed by atoms with E-state index in [0.717, 1.165) is 31.6 Å². The predicted molar refractivity (Wildman–Crippen MR) is 81.0 cm³/mol. The summed E-state index contributed by atoms with van der Waals surface area (Å²) in [5.74, 6) is 0.920. The zero-order chi connectivity index (χ0) is 15.1. The number of furan rings is 1. The van der Waals surface area contributed by atoms with Crippen molar-refractivity contribution in [2.24, 2.45) is 0 Å². The summed E-state index contributed by atoms with van der Waals surface area (Å²) >= 11 is 0. The molecule has 0 radical (unpaired) electrons. The third-order valence-corrected chi connectivity index (χ3v) is 3.49. The van der Waals surface area contributed by atoms with Crippen LogP contribution in [0.25, 0.3) is 0 Å². The number of aryl methyl sites for hydroxylation is 1. The largest absolute Gasteiger partial charge is 0.494 e. The van der Waals surface area contributed by atoms with Crippen molar-refractivity contribution in [2.75, 3.05) is 13.7 Å². The standard InChI is InChI=1S/C17H22FNO2/c1-3-11-19-15(10-9-13-6-5-12-21-13)14-7-4-8-16(20-2)17(14)18/h4-8,12,15,19H,3,9-11H2,1-2H3. The fraction of sp³-hybridized carbons (Fsp3) is 0.412. The molecule has 1 unspecified atom stereocenters. The predicted octanol–water partition coefficient (Wildman–Crippen LogP) is 4.10. The van der Waals surface area contributed by atoms with Gasteiger partial charge in [0.05, 0.1) is 13.4 Å². The van der Waals surface area contributed by atoms with Gasteiger partial charge in [0.25, 0.3) is 0 Å². The molecule has 1 aromatic heterocycles. The van der Waals surface area contributed by atoms with Gasteiger partial charge in [0.1, 0.15) is 5.76 Å². The second kappa shape index (κ2) is 7.84. The van der Waals surface area contributed by atoms with Gasteiger partial charge in [0.2, 0.25) is 0 Å². The molecule has 1 aromatic carbocycles. The summed E-state index contributed by atoms with van der Waals surface area (Å²) in [5.41, 5.74) is 0.648. The number of rotatable bonds is 8. The topological polar surface area (TPSA) is 34.4 Å². The van der Waals surface area contributed by atoms with E-state index in [-0.39, 0.29) is 17.6 Å². The summed E-state index contributed by atoms with van der Waals surface area (Å²) in [6.45, 7) is 2.94. The fourth-order valence-corrected chi connectivity index (χ4v) is 2.38. The van der Waals surface area contributed by atoms with Crippen LogP contribution in [0.3, 0.4) is 0 Å². The van der Waals surface area contributed by atoms with Crippen LogP contribution in [-0.2, 0) is 6.42 Å². The van der Waals surface area contributed by atoms with Gasteiger partial charge in [0, 0.05) is 18.0 Å². The van der Waals surface area contributed by atoms with Gasteiger partial charge in [-0.2, -0.15) is 0 Å². The van der Waals surface area contributed by atoms with Crippen molar-refractivity contribution in [1.29, 1.82) is 0 Å². The Morgan fingerprint density at radius 1 is 1.29 bits per heavy atom. The first-order valence-corrected chi connectivity index (χ1v) is 7.34. The monoisotopic (exact) mass is 291 g/mol. The summed E-state index contributed by atoms with van der Waals surface area (Å²) in [6, 6.07) is 9.04. The van der Waals surface area contributed by atoms with Gasteiger partial charge in [0.15, 0.2) is 11.6 Å². The maximum Gasteiger partial charge on any atom is 0.169 e. The molecule has 0 amide bonds. The summed E-state index contributed by atoms with van der Waals surface area (Å²) in [5, 5.41) is 3.40. The lowest BCUT2D eigenvalue weighted by molar-refractivity contribution is 0.376. The molecule has 0 aliphatic rings. The van der Waals surface area contributed by atoms with Crippen molar-refractivity contribution < 1.29 is 13.5 Å². The molecule has 1 N–H and O–H groups in total. The first-order chi connectivity index (χ1) is 10.3. The third-order valence-electron chi connectivity index (χ3n) is 3.49. The van der Waals surface area contributed by atoms with E-state index in [1.807, 2.05) is 24.3 Å². The molecule has 0 saturated carbocycles. The quantitative estimate of drug-likeness (QED) is 0.795. The van der Waals surface area contributed by atoms with E-state index in [2.05, 4.69) is 12.2 Å². The Labute approximate surface area is 125 Å². The first kappa shape index (κ1) is 15.6. The van der Waals surface area contributed by atoms with Gasteiger partial charge in [-0.3, -0.25) is 0 Å². The van der Waals surface area contributed by atoms with Crippen molar-refractivity contribution >= 4 is 0 Å². The van der Waals surface area contributed by atoms with E-state index in [1.54, 1.807) is 12.3 Å². The van der Waals surface area contributed by atoms with Gasteiger partial charge in [-0.15, -0.1) is 0 Å². The van der Waals surface area contributed by atoms with E-state index in [4.69, 9.17) is 9.15 Å². The zero-order valence-corrected chi connectivity index (χ0v) is 12.6. The van der Waals surface area contributed by atoms with Crippen molar-refractivity contribution in [3.05, 3.63) is 53.7 Å². The highest BCUT2D eigenvalue weighted by Crippen LogP contribution is 2.27.